The van der Waals surface area contributed by atoms with Crippen molar-refractivity contribution in [2.75, 3.05) is 13.2 Å². The average molecular weight is 320 g/mol. The summed E-state index contributed by atoms with van der Waals surface area (Å²) < 4.78 is 11.2. The van der Waals surface area contributed by atoms with Gasteiger partial charge in [-0.3, -0.25) is 0 Å². The van der Waals surface area contributed by atoms with Gasteiger partial charge in [0.15, 0.2) is 0 Å². The van der Waals surface area contributed by atoms with Gasteiger partial charge in [0, 0.05) is 10.6 Å². The van der Waals surface area contributed by atoms with Gasteiger partial charge < -0.3 is 14.7 Å². The Balaban J connectivity index is 1.85. The summed E-state index contributed by atoms with van der Waals surface area (Å²) in [7, 11) is 0. The molecule has 2 aromatic rings. The maximum absolute atomic E-state index is 8.64. The molecule has 0 fully saturated rings. The van der Waals surface area contributed by atoms with E-state index in [1.165, 1.54) is 11.8 Å². The Morgan fingerprint density at radius 3 is 2.50 bits per heavy atom. The molecule has 4 nitrogen and oxygen atoms in total. The first kappa shape index (κ1) is 16.2. The van der Waals surface area contributed by atoms with E-state index in [0.717, 1.165) is 12.2 Å². The van der Waals surface area contributed by atoms with Gasteiger partial charge in [0.2, 0.25) is 0 Å². The first-order chi connectivity index (χ1) is 10.7. The molecule has 0 amide bonds. The molecule has 0 radical (unpaired) electrons. The van der Waals surface area contributed by atoms with Crippen molar-refractivity contribution in [1.29, 1.82) is 0 Å². The number of halogens is 1. The average Bonchev–Trinajstić information content (AvgIpc) is 2.54. The van der Waals surface area contributed by atoms with Crippen molar-refractivity contribution in [2.24, 2.45) is 5.16 Å². The van der Waals surface area contributed by atoms with E-state index in [-0.39, 0.29) is 0 Å². The van der Waals surface area contributed by atoms with Crippen LogP contribution in [0.2, 0.25) is 5.02 Å². The number of aryl methyl sites for hydroxylation is 1. The lowest BCUT2D eigenvalue weighted by molar-refractivity contribution is 0.217. The van der Waals surface area contributed by atoms with E-state index in [1.54, 1.807) is 18.2 Å². The van der Waals surface area contributed by atoms with Crippen LogP contribution < -0.4 is 9.47 Å². The molecule has 2 aromatic carbocycles. The van der Waals surface area contributed by atoms with E-state index in [4.69, 9.17) is 26.3 Å². The maximum atomic E-state index is 8.64. The van der Waals surface area contributed by atoms with Crippen molar-refractivity contribution < 1.29 is 14.7 Å². The summed E-state index contributed by atoms with van der Waals surface area (Å²) >= 11 is 5.90. The molecule has 0 aliphatic carbocycles. The summed E-state index contributed by atoms with van der Waals surface area (Å²) in [5, 5.41) is 12.2. The predicted octanol–water partition coefficient (Wildman–Crippen LogP) is 4.17. The number of hydrogen-bond donors (Lipinski definition) is 1. The summed E-state index contributed by atoms with van der Waals surface area (Å²) in [5.41, 5.74) is 1.89. The molecule has 0 heterocycles. The van der Waals surface area contributed by atoms with Crippen molar-refractivity contribution in [3.05, 3.63) is 58.6 Å². The van der Waals surface area contributed by atoms with Gasteiger partial charge in [-0.15, -0.1) is 0 Å². The van der Waals surface area contributed by atoms with Crippen LogP contribution in [0.3, 0.4) is 0 Å². The van der Waals surface area contributed by atoms with Gasteiger partial charge in [-0.1, -0.05) is 35.8 Å². The minimum Gasteiger partial charge on any atom is -0.490 e. The first-order valence-electron chi connectivity index (χ1n) is 7.04. The van der Waals surface area contributed by atoms with Crippen molar-refractivity contribution >= 4 is 17.8 Å². The van der Waals surface area contributed by atoms with Crippen LogP contribution in [0.15, 0.2) is 47.6 Å². The Morgan fingerprint density at radius 1 is 1.09 bits per heavy atom. The fourth-order valence-electron chi connectivity index (χ4n) is 1.95. The second kappa shape index (κ2) is 8.29. The molecule has 116 valence electrons. The number of benzene rings is 2. The molecule has 2 rings (SSSR count). The van der Waals surface area contributed by atoms with Crippen LogP contribution >= 0.6 is 11.6 Å². The Hall–Kier alpha value is -2.20. The molecule has 0 saturated heterocycles. The maximum Gasteiger partial charge on any atom is 0.128 e. The van der Waals surface area contributed by atoms with Crippen LogP contribution in [-0.2, 0) is 6.42 Å². The van der Waals surface area contributed by atoms with E-state index in [0.29, 0.717) is 29.5 Å². The number of nitrogens with zero attached hydrogens (tertiary/aromatic N) is 1. The lowest BCUT2D eigenvalue weighted by Crippen LogP contribution is -2.10. The third-order valence-electron chi connectivity index (χ3n) is 3.11. The molecule has 22 heavy (non-hydrogen) atoms. The van der Waals surface area contributed by atoms with Crippen molar-refractivity contribution in [1.82, 2.24) is 0 Å². The zero-order valence-corrected chi connectivity index (χ0v) is 13.1. The summed E-state index contributed by atoms with van der Waals surface area (Å²) in [4.78, 5) is 0. The molecular weight excluding hydrogens is 302 g/mol. The Bertz CT molecular complexity index is 626. The smallest absolute Gasteiger partial charge is 0.128 e. The van der Waals surface area contributed by atoms with Crippen LogP contribution in [0.5, 0.6) is 11.5 Å². The van der Waals surface area contributed by atoms with Gasteiger partial charge in [0.1, 0.15) is 24.7 Å². The van der Waals surface area contributed by atoms with E-state index in [1.807, 2.05) is 24.3 Å². The summed E-state index contributed by atoms with van der Waals surface area (Å²) in [6, 6.07) is 13.1. The lowest BCUT2D eigenvalue weighted by Gasteiger charge is -2.10. The van der Waals surface area contributed by atoms with Crippen molar-refractivity contribution in [3.63, 3.8) is 0 Å². The highest BCUT2D eigenvalue weighted by atomic mass is 35.5. The van der Waals surface area contributed by atoms with E-state index < -0.39 is 0 Å². The molecule has 1 N–H and O–H groups in total. The highest BCUT2D eigenvalue weighted by molar-refractivity contribution is 6.30. The Morgan fingerprint density at radius 2 is 1.82 bits per heavy atom. The predicted molar refractivity (Wildman–Crippen MR) is 87.6 cm³/mol. The second-order valence-electron chi connectivity index (χ2n) is 4.62. The summed E-state index contributed by atoms with van der Waals surface area (Å²) in [6.07, 6.45) is 2.29. The number of rotatable bonds is 7. The number of hydrogen-bond acceptors (Lipinski definition) is 4. The molecule has 0 spiro atoms. The number of ether oxygens (including phenoxy) is 2. The lowest BCUT2D eigenvalue weighted by atomic mass is 10.2. The zero-order valence-electron chi connectivity index (χ0n) is 12.3. The zero-order chi connectivity index (χ0) is 15.8. The van der Waals surface area contributed by atoms with Crippen LogP contribution in [0.4, 0.5) is 0 Å². The Kier molecular flexibility index (Phi) is 6.10. The van der Waals surface area contributed by atoms with Crippen LogP contribution in [0.1, 0.15) is 18.1 Å². The third kappa shape index (κ3) is 4.67. The quantitative estimate of drug-likeness (QED) is 0.361. The molecule has 0 aliphatic heterocycles. The SMILES string of the molecule is CCc1ccc(OCCOc2ccc(Cl)cc2C=NO)cc1. The third-order valence-corrected chi connectivity index (χ3v) is 3.34. The summed E-state index contributed by atoms with van der Waals surface area (Å²) in [5.74, 6) is 1.40. The second-order valence-corrected chi connectivity index (χ2v) is 5.06. The minimum atomic E-state index is 0.378. The molecule has 0 aliphatic rings. The fourth-order valence-corrected chi connectivity index (χ4v) is 2.13. The molecule has 0 saturated carbocycles. The largest absolute Gasteiger partial charge is 0.490 e. The van der Waals surface area contributed by atoms with E-state index in [9.17, 15) is 0 Å². The van der Waals surface area contributed by atoms with Gasteiger partial charge in [-0.2, -0.15) is 0 Å². The van der Waals surface area contributed by atoms with E-state index in [2.05, 4.69) is 12.1 Å². The minimum absolute atomic E-state index is 0.378. The van der Waals surface area contributed by atoms with Gasteiger partial charge in [0.05, 0.1) is 6.21 Å². The topological polar surface area (TPSA) is 51.0 Å². The number of oxime groups is 1. The standard InChI is InChI=1S/C17H18ClNO3/c1-2-13-3-6-16(7-4-13)21-9-10-22-17-8-5-15(18)11-14(17)12-19-20/h3-8,11-12,20H,2,9-10H2,1H3. The van der Waals surface area contributed by atoms with Crippen molar-refractivity contribution in [3.8, 4) is 11.5 Å². The van der Waals surface area contributed by atoms with Crippen LogP contribution in [-0.4, -0.2) is 24.6 Å². The van der Waals surface area contributed by atoms with Crippen LogP contribution in [0, 0.1) is 0 Å². The van der Waals surface area contributed by atoms with Gasteiger partial charge >= 0.3 is 0 Å². The molecular formula is C17H18ClNO3. The molecule has 0 atom stereocenters. The monoisotopic (exact) mass is 319 g/mol. The normalized spacial score (nSPS) is 10.8. The van der Waals surface area contributed by atoms with E-state index >= 15 is 0 Å². The fraction of sp³-hybridized carbons (Fsp3) is 0.235. The molecule has 0 aromatic heterocycles. The molecule has 5 heteroatoms. The van der Waals surface area contributed by atoms with Gasteiger partial charge in [-0.05, 0) is 42.3 Å². The molecule has 0 unspecified atom stereocenters. The molecule has 0 bridgehead atoms. The summed E-state index contributed by atoms with van der Waals surface area (Å²) in [6.45, 7) is 2.91. The van der Waals surface area contributed by atoms with Crippen LogP contribution in [0.25, 0.3) is 0 Å². The van der Waals surface area contributed by atoms with Crippen molar-refractivity contribution in [2.45, 2.75) is 13.3 Å². The first-order valence-corrected chi connectivity index (χ1v) is 7.42. The highest BCUT2D eigenvalue weighted by Gasteiger charge is 2.03. The highest BCUT2D eigenvalue weighted by Crippen LogP contribution is 2.21. The Labute approximate surface area is 134 Å². The van der Waals surface area contributed by atoms with Gasteiger partial charge in [0.25, 0.3) is 0 Å². The van der Waals surface area contributed by atoms with Gasteiger partial charge in [-0.25, -0.2) is 0 Å².